The lowest BCUT2D eigenvalue weighted by molar-refractivity contribution is 0.00524. The van der Waals surface area contributed by atoms with Crippen LogP contribution in [0.15, 0.2) is 0 Å². The van der Waals surface area contributed by atoms with Crippen molar-refractivity contribution in [2.24, 2.45) is 0 Å². The summed E-state index contributed by atoms with van der Waals surface area (Å²) in [5.41, 5.74) is -0.403. The number of hydrogen-bond acceptors (Lipinski definition) is 4. The molecular formula is C13H27N3O2. The number of ether oxygens (including phenoxy) is 1. The van der Waals surface area contributed by atoms with Gasteiger partial charge in [-0.05, 0) is 34.4 Å². The van der Waals surface area contributed by atoms with Crippen LogP contribution in [0.4, 0.5) is 4.79 Å². The fourth-order valence-corrected chi connectivity index (χ4v) is 1.70. The number of amides is 1. The van der Waals surface area contributed by atoms with Crippen molar-refractivity contribution in [2.75, 3.05) is 39.8 Å². The third kappa shape index (κ3) is 5.23. The molecule has 106 valence electrons. The molecule has 1 fully saturated rings. The fraction of sp³-hybridized carbons (Fsp3) is 0.923. The summed E-state index contributed by atoms with van der Waals surface area (Å²) in [5, 5.41) is 3.44. The number of nitrogens with one attached hydrogen (secondary N) is 1. The van der Waals surface area contributed by atoms with Gasteiger partial charge in [-0.3, -0.25) is 0 Å². The van der Waals surface area contributed by atoms with Gasteiger partial charge in [-0.25, -0.2) is 4.79 Å². The predicted octanol–water partition coefficient (Wildman–Crippen LogP) is 1.15. The molecule has 0 aromatic rings. The third-order valence-electron chi connectivity index (χ3n) is 3.00. The van der Waals surface area contributed by atoms with E-state index >= 15 is 0 Å². The van der Waals surface area contributed by atoms with E-state index in [1.54, 1.807) is 4.90 Å². The Morgan fingerprint density at radius 3 is 2.56 bits per heavy atom. The zero-order valence-electron chi connectivity index (χ0n) is 12.3. The van der Waals surface area contributed by atoms with Gasteiger partial charge < -0.3 is 19.9 Å². The molecule has 0 aliphatic carbocycles. The van der Waals surface area contributed by atoms with Crippen molar-refractivity contribution in [3.8, 4) is 0 Å². The molecule has 1 rings (SSSR count). The minimum Gasteiger partial charge on any atom is -0.444 e. The summed E-state index contributed by atoms with van der Waals surface area (Å²) >= 11 is 0. The van der Waals surface area contributed by atoms with Crippen molar-refractivity contribution in [3.63, 3.8) is 0 Å². The third-order valence-corrected chi connectivity index (χ3v) is 3.00. The molecule has 1 saturated heterocycles. The fourth-order valence-electron chi connectivity index (χ4n) is 1.70. The topological polar surface area (TPSA) is 44.8 Å². The van der Waals surface area contributed by atoms with Crippen LogP contribution in [0.5, 0.6) is 0 Å². The van der Waals surface area contributed by atoms with Crippen molar-refractivity contribution >= 4 is 6.09 Å². The summed E-state index contributed by atoms with van der Waals surface area (Å²) in [6, 6.07) is 0.419. The van der Waals surface area contributed by atoms with Crippen molar-refractivity contribution in [1.82, 2.24) is 15.1 Å². The first-order valence-electron chi connectivity index (χ1n) is 6.71. The van der Waals surface area contributed by atoms with E-state index in [9.17, 15) is 4.79 Å². The number of likely N-dealkylation sites (N-methyl/N-ethyl adjacent to an activating group) is 1. The van der Waals surface area contributed by atoms with E-state index in [0.717, 1.165) is 32.7 Å². The molecule has 1 aliphatic rings. The predicted molar refractivity (Wildman–Crippen MR) is 72.8 cm³/mol. The lowest BCUT2D eigenvalue weighted by Crippen LogP contribution is -2.61. The highest BCUT2D eigenvalue weighted by atomic mass is 16.6. The molecule has 0 radical (unpaired) electrons. The lowest BCUT2D eigenvalue weighted by Gasteiger charge is -2.40. The van der Waals surface area contributed by atoms with Gasteiger partial charge in [-0.1, -0.05) is 6.92 Å². The van der Waals surface area contributed by atoms with Crippen LogP contribution in [0.1, 0.15) is 27.7 Å². The van der Waals surface area contributed by atoms with Gasteiger partial charge in [0.1, 0.15) is 5.60 Å². The van der Waals surface area contributed by atoms with E-state index in [0.29, 0.717) is 6.04 Å². The summed E-state index contributed by atoms with van der Waals surface area (Å²) < 4.78 is 5.30. The maximum atomic E-state index is 11.7. The number of rotatable bonds is 5. The Hall–Kier alpha value is -0.810. The van der Waals surface area contributed by atoms with Crippen molar-refractivity contribution < 1.29 is 9.53 Å². The number of likely N-dealkylation sites (tertiary alicyclic amines) is 1. The normalized spacial score (nSPS) is 16.9. The van der Waals surface area contributed by atoms with Gasteiger partial charge in [0.2, 0.25) is 0 Å². The molecule has 1 N–H and O–H groups in total. The molecule has 18 heavy (non-hydrogen) atoms. The monoisotopic (exact) mass is 257 g/mol. The van der Waals surface area contributed by atoms with Crippen LogP contribution in [0.3, 0.4) is 0 Å². The SMILES string of the molecule is CCN(C)CCNC1CN(C(=O)OC(C)(C)C)C1. The second-order valence-electron chi connectivity index (χ2n) is 5.93. The van der Waals surface area contributed by atoms with E-state index < -0.39 is 5.60 Å². The lowest BCUT2D eigenvalue weighted by atomic mass is 10.1. The van der Waals surface area contributed by atoms with Crippen LogP contribution in [-0.2, 0) is 4.74 Å². The Labute approximate surface area is 110 Å². The molecule has 1 amide bonds. The van der Waals surface area contributed by atoms with Crippen LogP contribution in [0.25, 0.3) is 0 Å². The zero-order valence-corrected chi connectivity index (χ0v) is 12.3. The first-order valence-corrected chi connectivity index (χ1v) is 6.71. The average Bonchev–Trinajstić information content (AvgIpc) is 2.17. The summed E-state index contributed by atoms with van der Waals surface area (Å²) in [5.74, 6) is 0. The first kappa shape index (κ1) is 15.2. The van der Waals surface area contributed by atoms with Gasteiger partial charge in [-0.2, -0.15) is 0 Å². The minimum atomic E-state index is -0.403. The maximum absolute atomic E-state index is 11.7. The molecule has 1 aliphatic heterocycles. The highest BCUT2D eigenvalue weighted by molar-refractivity contribution is 5.69. The van der Waals surface area contributed by atoms with E-state index in [4.69, 9.17) is 4.74 Å². The van der Waals surface area contributed by atoms with Gasteiger partial charge >= 0.3 is 6.09 Å². The van der Waals surface area contributed by atoms with Crippen molar-refractivity contribution in [1.29, 1.82) is 0 Å². The Balaban J connectivity index is 2.11. The summed E-state index contributed by atoms with van der Waals surface area (Å²) in [6.45, 7) is 12.4. The number of hydrogen-bond donors (Lipinski definition) is 1. The van der Waals surface area contributed by atoms with Crippen LogP contribution in [0, 0.1) is 0 Å². The van der Waals surface area contributed by atoms with Crippen LogP contribution < -0.4 is 5.32 Å². The molecular weight excluding hydrogens is 230 g/mol. The highest BCUT2D eigenvalue weighted by Gasteiger charge is 2.33. The quantitative estimate of drug-likeness (QED) is 0.802. The van der Waals surface area contributed by atoms with Gasteiger partial charge in [-0.15, -0.1) is 0 Å². The van der Waals surface area contributed by atoms with E-state index in [1.165, 1.54) is 0 Å². The number of carbonyl (C=O) groups is 1. The van der Waals surface area contributed by atoms with Crippen LogP contribution >= 0.6 is 0 Å². The summed E-state index contributed by atoms with van der Waals surface area (Å²) in [6.07, 6.45) is -0.203. The Morgan fingerprint density at radius 1 is 1.44 bits per heavy atom. The summed E-state index contributed by atoms with van der Waals surface area (Å²) in [4.78, 5) is 15.7. The van der Waals surface area contributed by atoms with E-state index in [-0.39, 0.29) is 6.09 Å². The van der Waals surface area contributed by atoms with Crippen molar-refractivity contribution in [3.05, 3.63) is 0 Å². The molecule has 0 aromatic carbocycles. The Bertz CT molecular complexity index is 270. The molecule has 0 saturated carbocycles. The second-order valence-corrected chi connectivity index (χ2v) is 5.93. The van der Waals surface area contributed by atoms with Gasteiger partial charge in [0.25, 0.3) is 0 Å². The largest absolute Gasteiger partial charge is 0.444 e. The van der Waals surface area contributed by atoms with Gasteiger partial charge in [0.15, 0.2) is 0 Å². The molecule has 0 atom stereocenters. The molecule has 0 bridgehead atoms. The molecule has 0 aromatic heterocycles. The Kier molecular flexibility index (Phi) is 5.41. The molecule has 1 heterocycles. The molecule has 5 nitrogen and oxygen atoms in total. The second kappa shape index (κ2) is 6.38. The van der Waals surface area contributed by atoms with Gasteiger partial charge in [0.05, 0.1) is 0 Å². The molecule has 0 unspecified atom stereocenters. The van der Waals surface area contributed by atoms with E-state index in [1.807, 2.05) is 20.8 Å². The maximum Gasteiger partial charge on any atom is 0.410 e. The van der Waals surface area contributed by atoms with Crippen LogP contribution in [0.2, 0.25) is 0 Å². The number of carbonyl (C=O) groups excluding carboxylic acids is 1. The standard InChI is InChI=1S/C13H27N3O2/c1-6-15(5)8-7-14-11-9-16(10-11)12(17)18-13(2,3)4/h11,14H,6-10H2,1-5H3. The average molecular weight is 257 g/mol. The van der Waals surface area contributed by atoms with Gasteiger partial charge in [0, 0.05) is 32.2 Å². The number of nitrogens with zero attached hydrogens (tertiary/aromatic N) is 2. The van der Waals surface area contributed by atoms with E-state index in [2.05, 4.69) is 24.2 Å². The minimum absolute atomic E-state index is 0.203. The zero-order chi connectivity index (χ0) is 13.8. The van der Waals surface area contributed by atoms with Crippen molar-refractivity contribution in [2.45, 2.75) is 39.3 Å². The first-order chi connectivity index (χ1) is 8.31. The van der Waals surface area contributed by atoms with Crippen LogP contribution in [-0.4, -0.2) is 67.3 Å². The Morgan fingerprint density at radius 2 is 2.06 bits per heavy atom. The molecule has 0 spiro atoms. The molecule has 5 heteroatoms. The summed E-state index contributed by atoms with van der Waals surface area (Å²) in [7, 11) is 2.11. The highest BCUT2D eigenvalue weighted by Crippen LogP contribution is 2.14. The smallest absolute Gasteiger partial charge is 0.410 e.